The van der Waals surface area contributed by atoms with Crippen LogP contribution in [0, 0.1) is 0 Å². The average molecular weight is 288 g/mol. The van der Waals surface area contributed by atoms with E-state index >= 15 is 0 Å². The number of alkyl halides is 3. The highest BCUT2D eigenvalue weighted by Crippen LogP contribution is 2.44. The normalized spacial score (nSPS) is 23.9. The molecule has 0 spiro atoms. The molecule has 1 saturated heterocycles. The second-order valence-electron chi connectivity index (χ2n) is 4.49. The second kappa shape index (κ2) is 4.31. The number of aromatic nitrogens is 3. The van der Waals surface area contributed by atoms with E-state index in [1.165, 1.54) is 11.3 Å². The minimum atomic E-state index is -4.34. The first-order valence-corrected chi connectivity index (χ1v) is 6.65. The lowest BCUT2D eigenvalue weighted by Crippen LogP contribution is -2.45. The van der Waals surface area contributed by atoms with Gasteiger partial charge in [0.15, 0.2) is 5.82 Å². The lowest BCUT2D eigenvalue weighted by molar-refractivity contribution is -0.187. The first-order chi connectivity index (χ1) is 9.03. The highest BCUT2D eigenvalue weighted by molar-refractivity contribution is 7.13. The molecule has 0 amide bonds. The van der Waals surface area contributed by atoms with E-state index < -0.39 is 11.6 Å². The Hall–Kier alpha value is -1.41. The number of hydrogen-bond acceptors (Lipinski definition) is 4. The molecule has 1 aliphatic rings. The number of rotatable bonds is 2. The van der Waals surface area contributed by atoms with Crippen molar-refractivity contribution in [3.63, 3.8) is 0 Å². The smallest absolute Gasteiger partial charge is 0.315 e. The van der Waals surface area contributed by atoms with Crippen molar-refractivity contribution in [3.8, 4) is 10.7 Å². The van der Waals surface area contributed by atoms with E-state index in [1.807, 2.05) is 11.4 Å². The number of nitrogens with zero attached hydrogens (tertiary/aromatic N) is 2. The maximum atomic E-state index is 13.3. The van der Waals surface area contributed by atoms with Crippen LogP contribution >= 0.6 is 11.3 Å². The molecule has 3 heterocycles. The maximum absolute atomic E-state index is 13.3. The zero-order valence-electron chi connectivity index (χ0n) is 9.79. The summed E-state index contributed by atoms with van der Waals surface area (Å²) in [6.45, 7) is 0.171. The topological polar surface area (TPSA) is 53.6 Å². The van der Waals surface area contributed by atoms with Crippen molar-refractivity contribution in [2.75, 3.05) is 13.1 Å². The average Bonchev–Trinajstić information content (AvgIpc) is 3.10. The quantitative estimate of drug-likeness (QED) is 0.891. The van der Waals surface area contributed by atoms with Gasteiger partial charge in [-0.3, -0.25) is 5.10 Å². The Morgan fingerprint density at radius 3 is 2.79 bits per heavy atom. The molecule has 1 unspecified atom stereocenters. The summed E-state index contributed by atoms with van der Waals surface area (Å²) in [7, 11) is 0. The van der Waals surface area contributed by atoms with Crippen LogP contribution in [0.5, 0.6) is 0 Å². The number of nitrogens with one attached hydrogen (secondary N) is 2. The molecule has 0 aliphatic carbocycles. The van der Waals surface area contributed by atoms with Crippen molar-refractivity contribution in [1.82, 2.24) is 20.5 Å². The minimum Gasteiger partial charge on any atom is -0.315 e. The summed E-state index contributed by atoms with van der Waals surface area (Å²) < 4.78 is 40.0. The van der Waals surface area contributed by atoms with Crippen molar-refractivity contribution in [1.29, 1.82) is 0 Å². The van der Waals surface area contributed by atoms with Crippen molar-refractivity contribution in [2.24, 2.45) is 0 Å². The fourth-order valence-corrected chi connectivity index (χ4v) is 2.92. The van der Waals surface area contributed by atoms with Gasteiger partial charge in [-0.2, -0.15) is 18.3 Å². The molecule has 1 atom stereocenters. The second-order valence-corrected chi connectivity index (χ2v) is 5.44. The van der Waals surface area contributed by atoms with Crippen molar-refractivity contribution in [3.05, 3.63) is 23.3 Å². The van der Waals surface area contributed by atoms with Crippen molar-refractivity contribution in [2.45, 2.75) is 18.0 Å². The highest BCUT2D eigenvalue weighted by Gasteiger charge is 2.59. The fourth-order valence-electron chi connectivity index (χ4n) is 2.26. The Morgan fingerprint density at radius 1 is 1.37 bits per heavy atom. The summed E-state index contributed by atoms with van der Waals surface area (Å²) in [4.78, 5) is 4.81. The third-order valence-corrected chi connectivity index (χ3v) is 4.24. The van der Waals surface area contributed by atoms with Crippen LogP contribution in [0.2, 0.25) is 0 Å². The van der Waals surface area contributed by atoms with Crippen LogP contribution in [0.3, 0.4) is 0 Å². The molecule has 102 valence electrons. The standard InChI is InChI=1S/C11H11F3N4S/c12-11(13,14)10(3-4-15-6-10)9-16-8(17-18-9)7-2-1-5-19-7/h1-2,5,15H,3-4,6H2,(H,16,17,18). The molecule has 0 aromatic carbocycles. The van der Waals surface area contributed by atoms with Crippen molar-refractivity contribution >= 4 is 11.3 Å². The molecule has 2 N–H and O–H groups in total. The third-order valence-electron chi connectivity index (χ3n) is 3.38. The summed E-state index contributed by atoms with van der Waals surface area (Å²) in [5.74, 6) is 0.217. The summed E-state index contributed by atoms with van der Waals surface area (Å²) >= 11 is 1.40. The summed E-state index contributed by atoms with van der Waals surface area (Å²) in [5.41, 5.74) is -1.95. The van der Waals surface area contributed by atoms with Crippen LogP contribution in [0.1, 0.15) is 12.2 Å². The zero-order valence-corrected chi connectivity index (χ0v) is 10.6. The highest BCUT2D eigenvalue weighted by atomic mass is 32.1. The van der Waals surface area contributed by atoms with Gasteiger partial charge in [0.25, 0.3) is 0 Å². The Labute approximate surface area is 111 Å². The number of hydrogen-bond donors (Lipinski definition) is 2. The van der Waals surface area contributed by atoms with Crippen LogP contribution < -0.4 is 5.32 Å². The molecule has 0 saturated carbocycles. The van der Waals surface area contributed by atoms with E-state index in [0.717, 1.165) is 4.88 Å². The van der Waals surface area contributed by atoms with Gasteiger partial charge in [-0.15, -0.1) is 11.3 Å². The first-order valence-electron chi connectivity index (χ1n) is 5.77. The SMILES string of the molecule is FC(F)(F)C1(c2nc(-c3cccs3)n[nH]2)CCNC1. The summed E-state index contributed by atoms with van der Waals surface area (Å²) in [6, 6.07) is 3.59. The molecular weight excluding hydrogens is 277 g/mol. The van der Waals surface area contributed by atoms with E-state index in [4.69, 9.17) is 0 Å². The number of H-pyrrole nitrogens is 1. The fraction of sp³-hybridized carbons (Fsp3) is 0.455. The van der Waals surface area contributed by atoms with E-state index in [1.54, 1.807) is 6.07 Å². The zero-order chi connectivity index (χ0) is 13.5. The van der Waals surface area contributed by atoms with Gasteiger partial charge < -0.3 is 5.32 Å². The van der Waals surface area contributed by atoms with Gasteiger partial charge in [0.05, 0.1) is 4.88 Å². The molecule has 0 bridgehead atoms. The Morgan fingerprint density at radius 2 is 2.21 bits per heavy atom. The first kappa shape index (κ1) is 12.6. The molecular formula is C11H11F3N4S. The van der Waals surface area contributed by atoms with Crippen LogP contribution in [0.25, 0.3) is 10.7 Å². The summed E-state index contributed by atoms with van der Waals surface area (Å²) in [6.07, 6.45) is -4.36. The van der Waals surface area contributed by atoms with Gasteiger partial charge in [-0.1, -0.05) is 6.07 Å². The van der Waals surface area contributed by atoms with Gasteiger partial charge in [-0.05, 0) is 24.4 Å². The van der Waals surface area contributed by atoms with Gasteiger partial charge in [-0.25, -0.2) is 4.98 Å². The van der Waals surface area contributed by atoms with E-state index in [-0.39, 0.29) is 18.8 Å². The third kappa shape index (κ3) is 1.95. The van der Waals surface area contributed by atoms with Crippen molar-refractivity contribution < 1.29 is 13.2 Å². The minimum absolute atomic E-state index is 0.0183. The summed E-state index contributed by atoms with van der Waals surface area (Å²) in [5, 5.41) is 11.0. The molecule has 2 aromatic rings. The van der Waals surface area contributed by atoms with Crippen LogP contribution in [0.15, 0.2) is 17.5 Å². The molecule has 1 aliphatic heterocycles. The van der Waals surface area contributed by atoms with Crippen LogP contribution in [0.4, 0.5) is 13.2 Å². The van der Waals surface area contributed by atoms with E-state index in [2.05, 4.69) is 20.5 Å². The van der Waals surface area contributed by atoms with Gasteiger partial charge in [0.1, 0.15) is 11.2 Å². The molecule has 1 fully saturated rings. The Bertz CT molecular complexity index is 555. The molecule has 3 rings (SSSR count). The maximum Gasteiger partial charge on any atom is 0.402 e. The number of thiophene rings is 1. The molecule has 19 heavy (non-hydrogen) atoms. The number of halogens is 3. The molecule has 2 aromatic heterocycles. The van der Waals surface area contributed by atoms with E-state index in [9.17, 15) is 13.2 Å². The van der Waals surface area contributed by atoms with Crippen LogP contribution in [-0.4, -0.2) is 34.4 Å². The molecule has 0 radical (unpaired) electrons. The Kier molecular flexibility index (Phi) is 2.86. The number of aromatic amines is 1. The Balaban J connectivity index is 2.01. The van der Waals surface area contributed by atoms with Gasteiger partial charge in [0, 0.05) is 6.54 Å². The molecule has 8 heteroatoms. The molecule has 4 nitrogen and oxygen atoms in total. The predicted molar refractivity (Wildman–Crippen MR) is 64.9 cm³/mol. The lowest BCUT2D eigenvalue weighted by atomic mass is 9.85. The van der Waals surface area contributed by atoms with Crippen LogP contribution in [-0.2, 0) is 5.41 Å². The largest absolute Gasteiger partial charge is 0.402 e. The monoisotopic (exact) mass is 288 g/mol. The van der Waals surface area contributed by atoms with Gasteiger partial charge >= 0.3 is 6.18 Å². The van der Waals surface area contributed by atoms with E-state index in [0.29, 0.717) is 12.4 Å². The predicted octanol–water partition coefficient (Wildman–Crippen LogP) is 2.33. The van der Waals surface area contributed by atoms with Gasteiger partial charge in [0.2, 0.25) is 0 Å². The lowest BCUT2D eigenvalue weighted by Gasteiger charge is -2.28.